The van der Waals surface area contributed by atoms with Crippen molar-refractivity contribution in [3.8, 4) is 5.75 Å². The van der Waals surface area contributed by atoms with Crippen LogP contribution in [-0.4, -0.2) is 6.21 Å². The van der Waals surface area contributed by atoms with E-state index in [1.54, 1.807) is 0 Å². The van der Waals surface area contributed by atoms with Crippen molar-refractivity contribution in [3.63, 3.8) is 0 Å². The molecule has 3 heteroatoms. The molecular weight excluding hydrogens is 366 g/mol. The first kappa shape index (κ1) is 18.3. The molecule has 0 N–H and O–H groups in total. The monoisotopic (exact) mass is 385 g/mol. The van der Waals surface area contributed by atoms with Crippen molar-refractivity contribution in [2.45, 2.75) is 13.5 Å². The zero-order valence-corrected chi connectivity index (χ0v) is 16.4. The Morgan fingerprint density at radius 2 is 1.71 bits per heavy atom. The van der Waals surface area contributed by atoms with Crippen LogP contribution in [0.3, 0.4) is 0 Å². The molecule has 0 aliphatic rings. The first-order valence-electron chi connectivity index (χ1n) is 9.19. The molecule has 0 spiro atoms. The van der Waals surface area contributed by atoms with Gasteiger partial charge in [-0.25, -0.2) is 0 Å². The Hall–Kier alpha value is -3.10. The summed E-state index contributed by atoms with van der Waals surface area (Å²) in [5.74, 6) is 0.800. The van der Waals surface area contributed by atoms with Crippen molar-refractivity contribution in [2.24, 2.45) is 4.99 Å². The van der Waals surface area contributed by atoms with Gasteiger partial charge >= 0.3 is 0 Å². The predicted octanol–water partition coefficient (Wildman–Crippen LogP) is 7.13. The standard InChI is InChI=1S/C25H20ClNO/c1-18-9-12-22(13-10-18)27-16-24-23-8-3-2-6-20(23)11-14-25(24)28-17-19-5-4-7-21(26)15-19/h2-16H,17H2,1H3. The molecule has 0 amide bonds. The maximum Gasteiger partial charge on any atom is 0.129 e. The molecule has 0 unspecified atom stereocenters. The van der Waals surface area contributed by atoms with Gasteiger partial charge in [0, 0.05) is 16.8 Å². The molecule has 0 aromatic heterocycles. The minimum Gasteiger partial charge on any atom is -0.488 e. The average Bonchev–Trinajstić information content (AvgIpc) is 2.72. The number of ether oxygens (including phenoxy) is 1. The van der Waals surface area contributed by atoms with Crippen LogP contribution in [0.4, 0.5) is 5.69 Å². The maximum absolute atomic E-state index is 6.14. The summed E-state index contributed by atoms with van der Waals surface area (Å²) in [6.07, 6.45) is 1.89. The van der Waals surface area contributed by atoms with Crippen molar-refractivity contribution in [1.82, 2.24) is 0 Å². The zero-order valence-electron chi connectivity index (χ0n) is 15.6. The fourth-order valence-corrected chi connectivity index (χ4v) is 3.31. The predicted molar refractivity (Wildman–Crippen MR) is 118 cm³/mol. The Labute approximate surface area is 170 Å². The van der Waals surface area contributed by atoms with Gasteiger partial charge in [0.05, 0.1) is 5.69 Å². The van der Waals surface area contributed by atoms with Crippen molar-refractivity contribution in [1.29, 1.82) is 0 Å². The lowest BCUT2D eigenvalue weighted by Crippen LogP contribution is -1.99. The molecule has 2 nitrogen and oxygen atoms in total. The number of aryl methyl sites for hydroxylation is 1. The Morgan fingerprint density at radius 1 is 0.893 bits per heavy atom. The summed E-state index contributed by atoms with van der Waals surface area (Å²) in [5.41, 5.74) is 4.14. The molecule has 0 atom stereocenters. The van der Waals surface area contributed by atoms with E-state index in [1.807, 2.05) is 60.8 Å². The summed E-state index contributed by atoms with van der Waals surface area (Å²) < 4.78 is 6.14. The zero-order chi connectivity index (χ0) is 19.3. The summed E-state index contributed by atoms with van der Waals surface area (Å²) >= 11 is 6.09. The van der Waals surface area contributed by atoms with Crippen LogP contribution in [0, 0.1) is 6.92 Å². The van der Waals surface area contributed by atoms with Crippen LogP contribution in [0.15, 0.2) is 89.9 Å². The van der Waals surface area contributed by atoms with Gasteiger partial charge in [-0.2, -0.15) is 0 Å². The molecule has 0 bridgehead atoms. The highest BCUT2D eigenvalue weighted by Crippen LogP contribution is 2.28. The number of hydrogen-bond donors (Lipinski definition) is 0. The molecule has 0 heterocycles. The molecule has 0 aliphatic heterocycles. The van der Waals surface area contributed by atoms with Gasteiger partial charge in [-0.05, 0) is 53.6 Å². The van der Waals surface area contributed by atoms with Crippen LogP contribution in [0.1, 0.15) is 16.7 Å². The third kappa shape index (κ3) is 4.24. The fraction of sp³-hybridized carbons (Fsp3) is 0.0800. The van der Waals surface area contributed by atoms with E-state index in [4.69, 9.17) is 16.3 Å². The molecular formula is C25H20ClNO. The second-order valence-electron chi connectivity index (χ2n) is 6.71. The number of nitrogens with zero attached hydrogens (tertiary/aromatic N) is 1. The van der Waals surface area contributed by atoms with E-state index in [1.165, 1.54) is 5.56 Å². The minimum absolute atomic E-state index is 0.449. The summed E-state index contributed by atoms with van der Waals surface area (Å²) in [6.45, 7) is 2.52. The van der Waals surface area contributed by atoms with Gasteiger partial charge in [-0.3, -0.25) is 4.99 Å². The molecule has 4 rings (SSSR count). The highest BCUT2D eigenvalue weighted by Gasteiger charge is 2.08. The Balaban J connectivity index is 1.69. The largest absolute Gasteiger partial charge is 0.488 e. The van der Waals surface area contributed by atoms with Gasteiger partial charge in [0.15, 0.2) is 0 Å². The Kier molecular flexibility index (Phi) is 5.41. The molecule has 4 aromatic rings. The molecule has 28 heavy (non-hydrogen) atoms. The van der Waals surface area contributed by atoms with Crippen molar-refractivity contribution in [2.75, 3.05) is 0 Å². The van der Waals surface area contributed by atoms with Gasteiger partial charge in [0.1, 0.15) is 12.4 Å². The maximum atomic E-state index is 6.14. The van der Waals surface area contributed by atoms with Crippen LogP contribution in [0.5, 0.6) is 5.75 Å². The van der Waals surface area contributed by atoms with E-state index in [0.717, 1.165) is 33.3 Å². The summed E-state index contributed by atoms with van der Waals surface area (Å²) in [4.78, 5) is 4.67. The number of halogens is 1. The Morgan fingerprint density at radius 3 is 2.54 bits per heavy atom. The fourth-order valence-electron chi connectivity index (χ4n) is 3.09. The average molecular weight is 386 g/mol. The number of hydrogen-bond acceptors (Lipinski definition) is 2. The molecule has 0 fully saturated rings. The van der Waals surface area contributed by atoms with E-state index in [9.17, 15) is 0 Å². The van der Waals surface area contributed by atoms with Crippen LogP contribution in [-0.2, 0) is 6.61 Å². The van der Waals surface area contributed by atoms with Crippen LogP contribution >= 0.6 is 11.6 Å². The molecule has 0 saturated heterocycles. The van der Waals surface area contributed by atoms with E-state index < -0.39 is 0 Å². The first-order valence-corrected chi connectivity index (χ1v) is 9.56. The van der Waals surface area contributed by atoms with Gasteiger partial charge in [0.25, 0.3) is 0 Å². The quantitative estimate of drug-likeness (QED) is 0.335. The van der Waals surface area contributed by atoms with E-state index in [0.29, 0.717) is 11.6 Å². The van der Waals surface area contributed by atoms with Crippen LogP contribution < -0.4 is 4.74 Å². The van der Waals surface area contributed by atoms with Crippen LogP contribution in [0.2, 0.25) is 5.02 Å². The normalized spacial score (nSPS) is 11.2. The van der Waals surface area contributed by atoms with Crippen molar-refractivity contribution in [3.05, 3.63) is 107 Å². The second-order valence-corrected chi connectivity index (χ2v) is 7.15. The van der Waals surface area contributed by atoms with Gasteiger partial charge in [-0.15, -0.1) is 0 Å². The van der Waals surface area contributed by atoms with Gasteiger partial charge in [-0.1, -0.05) is 71.8 Å². The van der Waals surface area contributed by atoms with Crippen molar-refractivity contribution < 1.29 is 4.74 Å². The molecule has 0 saturated carbocycles. The van der Waals surface area contributed by atoms with Gasteiger partial charge < -0.3 is 4.74 Å². The molecule has 0 radical (unpaired) electrons. The SMILES string of the molecule is Cc1ccc(N=Cc2c(OCc3cccc(Cl)c3)ccc3ccccc23)cc1. The highest BCUT2D eigenvalue weighted by molar-refractivity contribution is 6.30. The lowest BCUT2D eigenvalue weighted by atomic mass is 10.0. The second kappa shape index (κ2) is 8.28. The van der Waals surface area contributed by atoms with E-state index in [2.05, 4.69) is 42.2 Å². The van der Waals surface area contributed by atoms with E-state index >= 15 is 0 Å². The Bertz CT molecular complexity index is 1130. The number of rotatable bonds is 5. The van der Waals surface area contributed by atoms with Crippen molar-refractivity contribution >= 4 is 34.3 Å². The summed E-state index contributed by atoms with van der Waals surface area (Å²) in [7, 11) is 0. The minimum atomic E-state index is 0.449. The third-order valence-corrected chi connectivity index (χ3v) is 4.83. The lowest BCUT2D eigenvalue weighted by molar-refractivity contribution is 0.306. The number of benzene rings is 4. The van der Waals surface area contributed by atoms with Gasteiger partial charge in [0.2, 0.25) is 0 Å². The molecule has 0 aliphatic carbocycles. The summed E-state index contributed by atoms with van der Waals surface area (Å²) in [6, 6.07) is 28.2. The topological polar surface area (TPSA) is 21.6 Å². The third-order valence-electron chi connectivity index (χ3n) is 4.59. The molecule has 138 valence electrons. The van der Waals surface area contributed by atoms with E-state index in [-0.39, 0.29) is 0 Å². The summed E-state index contributed by atoms with van der Waals surface area (Å²) in [5, 5.41) is 2.98. The smallest absolute Gasteiger partial charge is 0.129 e. The van der Waals surface area contributed by atoms with Crippen LogP contribution in [0.25, 0.3) is 10.8 Å². The molecule has 4 aromatic carbocycles. The lowest BCUT2D eigenvalue weighted by Gasteiger charge is -2.12. The first-order chi connectivity index (χ1) is 13.7. The highest BCUT2D eigenvalue weighted by atomic mass is 35.5. The number of aliphatic imine (C=N–C) groups is 1. The number of fused-ring (bicyclic) bond motifs is 1.